The molecule has 1 atom stereocenters. The summed E-state index contributed by atoms with van der Waals surface area (Å²) in [5.74, 6) is -0.239. The van der Waals surface area contributed by atoms with Crippen LogP contribution in [0.15, 0.2) is 60.0 Å². The highest BCUT2D eigenvalue weighted by Gasteiger charge is 2.32. The van der Waals surface area contributed by atoms with Crippen molar-refractivity contribution in [3.8, 4) is 11.1 Å². The lowest BCUT2D eigenvalue weighted by Crippen LogP contribution is -2.38. The van der Waals surface area contributed by atoms with Crippen LogP contribution in [0.2, 0.25) is 0 Å². The van der Waals surface area contributed by atoms with Gasteiger partial charge in [0.15, 0.2) is 0 Å². The molecule has 3 aromatic rings. The zero-order chi connectivity index (χ0) is 17.4. The average molecular weight is 351 g/mol. The SMILES string of the molecule is O=C1N[C@H](c2ccccc2[N+](=O)[O-])Nc2scc(-c3ccccc3)c21. The lowest BCUT2D eigenvalue weighted by Gasteiger charge is -2.26. The van der Waals surface area contributed by atoms with Crippen LogP contribution in [-0.2, 0) is 0 Å². The minimum absolute atomic E-state index is 0.0245. The molecule has 1 amide bonds. The number of para-hydroxylation sites is 1. The third-order valence-corrected chi connectivity index (χ3v) is 5.01. The molecular weight excluding hydrogens is 338 g/mol. The van der Waals surface area contributed by atoms with E-state index in [4.69, 9.17) is 0 Å². The Labute approximate surface area is 147 Å². The first kappa shape index (κ1) is 15.3. The summed E-state index contributed by atoms with van der Waals surface area (Å²) in [7, 11) is 0. The van der Waals surface area contributed by atoms with Gasteiger partial charge in [0.1, 0.15) is 11.2 Å². The second-order valence-corrected chi connectivity index (χ2v) is 6.47. The third kappa shape index (κ3) is 2.64. The van der Waals surface area contributed by atoms with Gasteiger partial charge in [-0.3, -0.25) is 14.9 Å². The van der Waals surface area contributed by atoms with Crippen molar-refractivity contribution in [2.75, 3.05) is 5.32 Å². The summed E-state index contributed by atoms with van der Waals surface area (Å²) in [4.78, 5) is 23.5. The number of benzene rings is 2. The first-order valence-corrected chi connectivity index (χ1v) is 8.51. The number of nitro benzene ring substituents is 1. The van der Waals surface area contributed by atoms with E-state index in [1.807, 2.05) is 35.7 Å². The number of rotatable bonds is 3. The summed E-state index contributed by atoms with van der Waals surface area (Å²) < 4.78 is 0. The Morgan fingerprint density at radius 1 is 1.00 bits per heavy atom. The molecule has 0 spiro atoms. The molecule has 4 rings (SSSR count). The summed E-state index contributed by atoms with van der Waals surface area (Å²) in [5.41, 5.74) is 2.79. The Morgan fingerprint density at radius 3 is 2.48 bits per heavy atom. The highest BCUT2D eigenvalue weighted by Crippen LogP contribution is 2.40. The Morgan fingerprint density at radius 2 is 1.72 bits per heavy atom. The number of anilines is 1. The fourth-order valence-corrected chi connectivity index (χ4v) is 3.94. The van der Waals surface area contributed by atoms with Crippen molar-refractivity contribution in [2.45, 2.75) is 6.17 Å². The number of hydrogen-bond acceptors (Lipinski definition) is 5. The summed E-state index contributed by atoms with van der Waals surface area (Å²) in [6.45, 7) is 0. The molecular formula is C18H13N3O3S. The van der Waals surface area contributed by atoms with Crippen molar-refractivity contribution in [1.82, 2.24) is 5.32 Å². The van der Waals surface area contributed by atoms with E-state index in [9.17, 15) is 14.9 Å². The van der Waals surface area contributed by atoms with Crippen LogP contribution in [0.1, 0.15) is 22.1 Å². The first-order chi connectivity index (χ1) is 12.1. The minimum atomic E-state index is -0.635. The summed E-state index contributed by atoms with van der Waals surface area (Å²) in [6, 6.07) is 16.1. The molecule has 0 fully saturated rings. The van der Waals surface area contributed by atoms with Crippen molar-refractivity contribution < 1.29 is 9.72 Å². The predicted molar refractivity (Wildman–Crippen MR) is 96.7 cm³/mol. The first-order valence-electron chi connectivity index (χ1n) is 7.63. The van der Waals surface area contributed by atoms with Crippen LogP contribution in [0, 0.1) is 10.1 Å². The highest BCUT2D eigenvalue weighted by molar-refractivity contribution is 7.15. The van der Waals surface area contributed by atoms with Gasteiger partial charge in [-0.15, -0.1) is 11.3 Å². The standard InChI is InChI=1S/C18H13N3O3S/c22-17-15-13(11-6-2-1-3-7-11)10-25-18(15)20-16(19-17)12-8-4-5-9-14(12)21(23)24/h1-10,16,20H,(H,19,22)/t16-/m0/s1. The maximum Gasteiger partial charge on any atom is 0.276 e. The van der Waals surface area contributed by atoms with Crippen molar-refractivity contribution in [3.05, 3.63) is 81.2 Å². The van der Waals surface area contributed by atoms with Crippen molar-refractivity contribution in [3.63, 3.8) is 0 Å². The van der Waals surface area contributed by atoms with Crippen LogP contribution in [-0.4, -0.2) is 10.8 Å². The van der Waals surface area contributed by atoms with Crippen LogP contribution >= 0.6 is 11.3 Å². The smallest absolute Gasteiger partial charge is 0.276 e. The number of carbonyl (C=O) groups is 1. The van der Waals surface area contributed by atoms with E-state index < -0.39 is 11.1 Å². The van der Waals surface area contributed by atoms with Gasteiger partial charge in [0.25, 0.3) is 11.6 Å². The van der Waals surface area contributed by atoms with Crippen LogP contribution in [0.4, 0.5) is 10.7 Å². The number of nitro groups is 1. The van der Waals surface area contributed by atoms with Gasteiger partial charge in [-0.25, -0.2) is 0 Å². The zero-order valence-electron chi connectivity index (χ0n) is 12.9. The Hall–Kier alpha value is -3.19. The Balaban J connectivity index is 1.74. The molecule has 0 aliphatic carbocycles. The molecule has 0 saturated heterocycles. The number of nitrogens with zero attached hydrogens (tertiary/aromatic N) is 1. The fourth-order valence-electron chi connectivity index (χ4n) is 2.94. The van der Waals surface area contributed by atoms with E-state index in [1.165, 1.54) is 17.4 Å². The molecule has 2 heterocycles. The van der Waals surface area contributed by atoms with Gasteiger partial charge in [-0.05, 0) is 11.6 Å². The molecule has 1 aliphatic rings. The molecule has 1 aliphatic heterocycles. The zero-order valence-corrected chi connectivity index (χ0v) is 13.7. The second kappa shape index (κ2) is 6.03. The fraction of sp³-hybridized carbons (Fsp3) is 0.0556. The molecule has 124 valence electrons. The molecule has 0 unspecified atom stereocenters. The monoisotopic (exact) mass is 351 g/mol. The van der Waals surface area contributed by atoms with Gasteiger partial charge in [0.05, 0.1) is 16.1 Å². The molecule has 7 heteroatoms. The average Bonchev–Trinajstić information content (AvgIpc) is 3.07. The number of thiophene rings is 1. The van der Waals surface area contributed by atoms with Crippen LogP contribution in [0.25, 0.3) is 11.1 Å². The number of hydrogen-bond donors (Lipinski definition) is 2. The van der Waals surface area contributed by atoms with E-state index >= 15 is 0 Å². The van der Waals surface area contributed by atoms with Crippen LogP contribution < -0.4 is 10.6 Å². The molecule has 0 bridgehead atoms. The summed E-state index contributed by atoms with van der Waals surface area (Å²) in [6.07, 6.45) is -0.635. The minimum Gasteiger partial charge on any atom is -0.352 e. The predicted octanol–water partition coefficient (Wildman–Crippen LogP) is 4.18. The summed E-state index contributed by atoms with van der Waals surface area (Å²) >= 11 is 1.42. The second-order valence-electron chi connectivity index (χ2n) is 5.59. The van der Waals surface area contributed by atoms with E-state index in [-0.39, 0.29) is 11.6 Å². The van der Waals surface area contributed by atoms with E-state index in [0.717, 1.165) is 11.1 Å². The lowest BCUT2D eigenvalue weighted by atomic mass is 10.0. The van der Waals surface area contributed by atoms with Gasteiger partial charge in [-0.2, -0.15) is 0 Å². The Bertz CT molecular complexity index is 969. The number of nitrogens with one attached hydrogen (secondary N) is 2. The number of amides is 1. The quantitative estimate of drug-likeness (QED) is 0.548. The lowest BCUT2D eigenvalue weighted by molar-refractivity contribution is -0.385. The topological polar surface area (TPSA) is 84.3 Å². The molecule has 2 aromatic carbocycles. The van der Waals surface area contributed by atoms with Gasteiger partial charge >= 0.3 is 0 Å². The Kier molecular flexibility index (Phi) is 3.70. The molecule has 1 aromatic heterocycles. The van der Waals surface area contributed by atoms with Gasteiger partial charge in [0.2, 0.25) is 0 Å². The van der Waals surface area contributed by atoms with Crippen molar-refractivity contribution in [1.29, 1.82) is 0 Å². The van der Waals surface area contributed by atoms with Crippen molar-refractivity contribution >= 4 is 27.9 Å². The van der Waals surface area contributed by atoms with E-state index in [2.05, 4.69) is 10.6 Å². The maximum atomic E-state index is 12.7. The highest BCUT2D eigenvalue weighted by atomic mass is 32.1. The largest absolute Gasteiger partial charge is 0.352 e. The maximum absolute atomic E-state index is 12.7. The van der Waals surface area contributed by atoms with Gasteiger partial charge in [-0.1, -0.05) is 42.5 Å². The number of carbonyl (C=O) groups excluding carboxylic acids is 1. The van der Waals surface area contributed by atoms with Gasteiger partial charge in [0, 0.05) is 17.0 Å². The number of fused-ring (bicyclic) bond motifs is 1. The molecule has 2 N–H and O–H groups in total. The molecule has 0 saturated carbocycles. The van der Waals surface area contributed by atoms with Crippen molar-refractivity contribution in [2.24, 2.45) is 0 Å². The van der Waals surface area contributed by atoms with E-state index in [0.29, 0.717) is 16.1 Å². The molecule has 6 nitrogen and oxygen atoms in total. The summed E-state index contributed by atoms with van der Waals surface area (Å²) in [5, 5.41) is 19.9. The van der Waals surface area contributed by atoms with Gasteiger partial charge < -0.3 is 10.6 Å². The van der Waals surface area contributed by atoms with Crippen LogP contribution in [0.3, 0.4) is 0 Å². The normalized spacial score (nSPS) is 15.8. The van der Waals surface area contributed by atoms with Crippen LogP contribution in [0.5, 0.6) is 0 Å². The third-order valence-electron chi connectivity index (χ3n) is 4.10. The molecule has 0 radical (unpaired) electrons. The molecule has 25 heavy (non-hydrogen) atoms. The van der Waals surface area contributed by atoms with E-state index in [1.54, 1.807) is 18.2 Å².